The van der Waals surface area contributed by atoms with Crippen LogP contribution in [0.2, 0.25) is 0 Å². The van der Waals surface area contributed by atoms with Crippen molar-refractivity contribution < 1.29 is 4.42 Å². The van der Waals surface area contributed by atoms with Gasteiger partial charge in [0.15, 0.2) is 5.82 Å². The van der Waals surface area contributed by atoms with Gasteiger partial charge in [-0.1, -0.05) is 142 Å². The maximum absolute atomic E-state index is 7.14. The molecule has 12 rings (SSSR count). The molecule has 0 N–H and O–H groups in total. The Kier molecular flexibility index (Phi) is 8.36. The largest absolute Gasteiger partial charge is 0.456 e. The third-order valence-corrected chi connectivity index (χ3v) is 12.1. The Morgan fingerprint density at radius 3 is 1.52 bits per heavy atom. The van der Waals surface area contributed by atoms with Crippen molar-refractivity contribution in [2.24, 2.45) is 0 Å². The predicted molar refractivity (Wildman–Crippen MR) is 267 cm³/mol. The number of aromatic nitrogens is 4. The molecule has 12 radical (unpaired) electrons. The zero-order valence-electron chi connectivity index (χ0n) is 33.7. The summed E-state index contributed by atoms with van der Waals surface area (Å²) in [7, 11) is 41.0. The Hall–Kier alpha value is -7.37. The molecule has 0 aliphatic carbocycles. The Labute approximate surface area is 370 Å². The monoisotopic (exact) mass is 788 g/mol. The number of furan rings is 1. The molecule has 8 aromatic carbocycles. The number of rotatable bonds is 5. The van der Waals surface area contributed by atoms with Crippen LogP contribution in [0.3, 0.4) is 0 Å². The molecule has 0 aliphatic rings. The van der Waals surface area contributed by atoms with Crippen LogP contribution in [-0.2, 0) is 0 Å². The van der Waals surface area contributed by atoms with Gasteiger partial charge < -0.3 is 13.6 Å². The van der Waals surface area contributed by atoms with Crippen LogP contribution in [0.5, 0.6) is 0 Å². The fraction of sp³-hybridized carbons (Fsp3) is 0. The lowest BCUT2D eigenvalue weighted by Crippen LogP contribution is -2.27. The van der Waals surface area contributed by atoms with E-state index in [1.54, 1.807) is 12.1 Å². The molecule has 0 amide bonds. The predicted octanol–water partition coefficient (Wildman–Crippen LogP) is 6.33. The van der Waals surface area contributed by atoms with Crippen molar-refractivity contribution in [2.45, 2.75) is 0 Å². The zero-order valence-corrected chi connectivity index (χ0v) is 33.7. The number of hydrogen-bond donors (Lipinski definition) is 0. The summed E-state index contributed by atoms with van der Waals surface area (Å²) < 4.78 is 10.9. The second-order valence-corrected chi connectivity index (χ2v) is 16.0. The first kappa shape index (κ1) is 37.4. The van der Waals surface area contributed by atoms with E-state index < -0.39 is 0 Å². The van der Waals surface area contributed by atoms with Crippen molar-refractivity contribution >= 4 is 145 Å². The van der Waals surface area contributed by atoms with Crippen LogP contribution in [0.25, 0.3) is 111 Å². The van der Waals surface area contributed by atoms with Gasteiger partial charge in [0.05, 0.1) is 22.4 Å². The van der Waals surface area contributed by atoms with E-state index in [-0.39, 0.29) is 0 Å². The standard InChI is InChI=1S/C52H26B6N4O/c53-30-21-36-44-46(57)47(58)45-37-22-31(54)24-39(56)49(37)62(51(45)50(44)61(48(36)38(55)23-30)32-14-8-3-9-15-32)33-17-19-42-35(25-33)34-18-16-29(20-43(34)63-42)41-26-40(27-10-4-1-5-11-27)59-52(60-41)28-12-6-2-7-13-28/h1-26H. The molecule has 5 nitrogen and oxygen atoms in total. The minimum Gasteiger partial charge on any atom is -0.456 e. The highest BCUT2D eigenvalue weighted by molar-refractivity contribution is 6.61. The van der Waals surface area contributed by atoms with E-state index >= 15 is 0 Å². The molecular weight excluding hydrogens is 761 g/mol. The lowest BCUT2D eigenvalue weighted by Gasteiger charge is -2.16. The van der Waals surface area contributed by atoms with E-state index in [4.69, 9.17) is 61.5 Å². The molecule has 278 valence electrons. The van der Waals surface area contributed by atoms with Gasteiger partial charge >= 0.3 is 0 Å². The fourth-order valence-corrected chi connectivity index (χ4v) is 9.43. The molecule has 0 spiro atoms. The number of para-hydroxylation sites is 1. The number of fused-ring (bicyclic) bond motifs is 10. The molecule has 4 heterocycles. The van der Waals surface area contributed by atoms with Gasteiger partial charge in [0.2, 0.25) is 0 Å². The van der Waals surface area contributed by atoms with Crippen LogP contribution in [0, 0.1) is 0 Å². The molecule has 12 aromatic rings. The van der Waals surface area contributed by atoms with Crippen molar-refractivity contribution in [1.82, 2.24) is 19.1 Å². The van der Waals surface area contributed by atoms with Gasteiger partial charge in [0, 0.05) is 71.4 Å². The van der Waals surface area contributed by atoms with Crippen molar-refractivity contribution in [3.05, 3.63) is 158 Å². The van der Waals surface area contributed by atoms with E-state index in [0.717, 1.165) is 99.4 Å². The lowest BCUT2D eigenvalue weighted by atomic mass is 9.74. The average molecular weight is 788 g/mol. The fourth-order valence-electron chi connectivity index (χ4n) is 9.43. The summed E-state index contributed by atoms with van der Waals surface area (Å²) in [6.45, 7) is 0. The Balaban J connectivity index is 1.13. The third-order valence-electron chi connectivity index (χ3n) is 12.1. The summed E-state index contributed by atoms with van der Waals surface area (Å²) in [5.41, 5.74) is 13.4. The highest BCUT2D eigenvalue weighted by Gasteiger charge is 2.26. The van der Waals surface area contributed by atoms with Crippen molar-refractivity contribution in [2.75, 3.05) is 0 Å². The molecule has 0 saturated heterocycles. The second-order valence-electron chi connectivity index (χ2n) is 16.0. The Bertz CT molecular complexity index is 3800. The first-order chi connectivity index (χ1) is 30.7. The van der Waals surface area contributed by atoms with E-state index in [1.807, 2.05) is 115 Å². The topological polar surface area (TPSA) is 48.8 Å². The van der Waals surface area contributed by atoms with Gasteiger partial charge in [-0.2, -0.15) is 0 Å². The second kappa shape index (κ2) is 14.1. The van der Waals surface area contributed by atoms with Gasteiger partial charge in [0.1, 0.15) is 58.2 Å². The minimum absolute atomic E-state index is 0.400. The first-order valence-corrected chi connectivity index (χ1v) is 20.5. The molecule has 0 bridgehead atoms. The molecule has 4 aromatic heterocycles. The van der Waals surface area contributed by atoms with Crippen LogP contribution in [0.4, 0.5) is 0 Å². The molecule has 63 heavy (non-hydrogen) atoms. The Morgan fingerprint density at radius 2 is 0.921 bits per heavy atom. The number of hydrogen-bond acceptors (Lipinski definition) is 3. The van der Waals surface area contributed by atoms with E-state index in [1.165, 1.54) is 0 Å². The highest BCUT2D eigenvalue weighted by atomic mass is 16.3. The SMILES string of the molecule is [B]c1cc([B])c2c(c1)c1c([B])c([B])c3c4cc([B])cc([B])c4n(-c4ccc5oc6cc(-c7cc(-c8ccccc8)nc(-c8ccccc8)n7)ccc6c5c4)c3c1n2-c1ccccc1. The molecule has 0 saturated carbocycles. The van der Waals surface area contributed by atoms with Crippen molar-refractivity contribution in [3.8, 4) is 45.3 Å². The maximum Gasteiger partial charge on any atom is 0.160 e. The number of benzene rings is 8. The minimum atomic E-state index is 0.400. The van der Waals surface area contributed by atoms with E-state index in [0.29, 0.717) is 44.2 Å². The average Bonchev–Trinajstić information content (AvgIpc) is 3.96. The normalized spacial score (nSPS) is 11.9. The number of nitrogens with zero attached hydrogens (tertiary/aromatic N) is 4. The summed E-state index contributed by atoms with van der Waals surface area (Å²) in [4.78, 5) is 10.0. The van der Waals surface area contributed by atoms with Crippen LogP contribution >= 0.6 is 0 Å². The Morgan fingerprint density at radius 1 is 0.381 bits per heavy atom. The molecule has 0 atom stereocenters. The third kappa shape index (κ3) is 5.72. The van der Waals surface area contributed by atoms with Gasteiger partial charge in [0.25, 0.3) is 0 Å². The molecule has 0 unspecified atom stereocenters. The summed E-state index contributed by atoms with van der Waals surface area (Å²) in [6, 6.07) is 51.9. The lowest BCUT2D eigenvalue weighted by molar-refractivity contribution is 0.669. The molecular formula is C52H26B6N4O. The molecule has 0 aliphatic heterocycles. The van der Waals surface area contributed by atoms with Crippen LogP contribution in [0.1, 0.15) is 0 Å². The molecule has 0 fully saturated rings. The summed E-state index contributed by atoms with van der Waals surface area (Å²) in [6.07, 6.45) is 0. The van der Waals surface area contributed by atoms with E-state index in [2.05, 4.69) is 39.5 Å². The van der Waals surface area contributed by atoms with Gasteiger partial charge in [-0.05, 0) is 48.5 Å². The van der Waals surface area contributed by atoms with Crippen LogP contribution in [0.15, 0.2) is 162 Å². The van der Waals surface area contributed by atoms with Crippen LogP contribution in [-0.4, -0.2) is 66.2 Å². The van der Waals surface area contributed by atoms with Gasteiger partial charge in [-0.25, -0.2) is 9.97 Å². The van der Waals surface area contributed by atoms with Crippen LogP contribution < -0.4 is 32.8 Å². The quantitative estimate of drug-likeness (QED) is 0.192. The smallest absolute Gasteiger partial charge is 0.160 e. The van der Waals surface area contributed by atoms with Crippen molar-refractivity contribution in [3.63, 3.8) is 0 Å². The summed E-state index contributed by atoms with van der Waals surface area (Å²) in [5.74, 6) is 0.641. The summed E-state index contributed by atoms with van der Waals surface area (Å²) in [5, 5.41) is 4.84. The summed E-state index contributed by atoms with van der Waals surface area (Å²) >= 11 is 0. The van der Waals surface area contributed by atoms with E-state index in [9.17, 15) is 0 Å². The van der Waals surface area contributed by atoms with Gasteiger partial charge in [-0.15, -0.1) is 0 Å². The first-order valence-electron chi connectivity index (χ1n) is 20.5. The van der Waals surface area contributed by atoms with Crippen molar-refractivity contribution in [1.29, 1.82) is 0 Å². The van der Waals surface area contributed by atoms with Gasteiger partial charge in [-0.3, -0.25) is 0 Å². The zero-order chi connectivity index (χ0) is 42.7. The maximum atomic E-state index is 7.14. The molecule has 11 heteroatoms. The highest BCUT2D eigenvalue weighted by Crippen LogP contribution is 2.41.